The molecule has 0 radical (unpaired) electrons. The number of nitrogens with zero attached hydrogens (tertiary/aromatic N) is 5. The van der Waals surface area contributed by atoms with E-state index in [1.165, 1.54) is 0 Å². The van der Waals surface area contributed by atoms with Crippen LogP contribution in [0, 0.1) is 11.3 Å². The smallest absolute Gasteiger partial charge is 0.179 e. The topological polar surface area (TPSA) is 117 Å². The van der Waals surface area contributed by atoms with Crippen molar-refractivity contribution in [2.24, 2.45) is 7.05 Å². The van der Waals surface area contributed by atoms with Gasteiger partial charge in [0.15, 0.2) is 15.5 Å². The van der Waals surface area contributed by atoms with Gasteiger partial charge in [0.2, 0.25) is 0 Å². The highest BCUT2D eigenvalue weighted by Gasteiger charge is 2.16. The lowest BCUT2D eigenvalue weighted by Gasteiger charge is -2.04. The number of H-pyrrole nitrogens is 1. The predicted molar refractivity (Wildman–Crippen MR) is 104 cm³/mol. The Labute approximate surface area is 161 Å². The summed E-state index contributed by atoms with van der Waals surface area (Å²) in [5.41, 5.74) is 4.56. The Hall–Kier alpha value is -3.51. The fraction of sp³-hybridized carbons (Fsp3) is 0.158. The molecule has 0 saturated carbocycles. The van der Waals surface area contributed by atoms with Gasteiger partial charge in [-0.2, -0.15) is 10.4 Å². The molecule has 8 nitrogen and oxygen atoms in total. The van der Waals surface area contributed by atoms with E-state index >= 15 is 0 Å². The molecule has 0 saturated heterocycles. The predicted octanol–water partition coefficient (Wildman–Crippen LogP) is 2.71. The summed E-state index contributed by atoms with van der Waals surface area (Å²) in [5, 5.41) is 12.8. The van der Waals surface area contributed by atoms with Crippen LogP contribution in [0.25, 0.3) is 33.5 Å². The van der Waals surface area contributed by atoms with E-state index in [9.17, 15) is 8.42 Å². The van der Waals surface area contributed by atoms with Gasteiger partial charge in [0.25, 0.3) is 0 Å². The van der Waals surface area contributed by atoms with E-state index in [4.69, 9.17) is 10.2 Å². The minimum Gasteiger partial charge on any atom is -0.344 e. The fourth-order valence-corrected chi connectivity index (χ4v) is 4.09. The number of fused-ring (bicyclic) bond motifs is 1. The van der Waals surface area contributed by atoms with Gasteiger partial charge in [0.05, 0.1) is 34.8 Å². The third-order valence-electron chi connectivity index (χ3n) is 4.39. The Bertz CT molecular complexity index is 1300. The zero-order valence-electron chi connectivity index (χ0n) is 15.0. The van der Waals surface area contributed by atoms with E-state index in [1.54, 1.807) is 47.5 Å². The molecule has 3 aromatic heterocycles. The largest absolute Gasteiger partial charge is 0.344 e. The molecule has 0 atom stereocenters. The van der Waals surface area contributed by atoms with Gasteiger partial charge < -0.3 is 4.98 Å². The first kappa shape index (κ1) is 17.9. The third kappa shape index (κ3) is 3.25. The van der Waals surface area contributed by atoms with Crippen LogP contribution >= 0.6 is 0 Å². The average Bonchev–Trinajstić information content (AvgIpc) is 3.32. The molecule has 0 amide bonds. The minimum absolute atomic E-state index is 0.0285. The third-order valence-corrected chi connectivity index (χ3v) is 6.12. The van der Waals surface area contributed by atoms with Crippen molar-refractivity contribution in [3.05, 3.63) is 49.1 Å². The van der Waals surface area contributed by atoms with Gasteiger partial charge in [-0.05, 0) is 17.7 Å². The zero-order chi connectivity index (χ0) is 19.7. The molecular formula is C19H16N6O2S. The molecule has 1 aromatic carbocycles. The van der Waals surface area contributed by atoms with Crippen molar-refractivity contribution < 1.29 is 8.42 Å². The second kappa shape index (κ2) is 6.90. The van der Waals surface area contributed by atoms with Gasteiger partial charge in [0.1, 0.15) is 5.52 Å². The Kier molecular flexibility index (Phi) is 4.41. The van der Waals surface area contributed by atoms with Crippen LogP contribution in [0.4, 0.5) is 0 Å². The van der Waals surface area contributed by atoms with Gasteiger partial charge in [-0.25, -0.2) is 18.4 Å². The van der Waals surface area contributed by atoms with E-state index in [0.717, 1.165) is 16.7 Å². The summed E-state index contributed by atoms with van der Waals surface area (Å²) in [6.07, 6.45) is 7.05. The molecular weight excluding hydrogens is 376 g/mol. The summed E-state index contributed by atoms with van der Waals surface area (Å²) in [7, 11) is -1.62. The lowest BCUT2D eigenvalue weighted by Crippen LogP contribution is -2.05. The number of hydrogen-bond donors (Lipinski definition) is 1. The fourth-order valence-electron chi connectivity index (χ4n) is 2.94. The lowest BCUT2D eigenvalue weighted by atomic mass is 10.1. The lowest BCUT2D eigenvalue weighted by molar-refractivity contribution is 0.596. The summed E-state index contributed by atoms with van der Waals surface area (Å²) in [6.45, 7) is 0. The van der Waals surface area contributed by atoms with Crippen molar-refractivity contribution >= 4 is 21.0 Å². The summed E-state index contributed by atoms with van der Waals surface area (Å²) in [4.78, 5) is 12.4. The van der Waals surface area contributed by atoms with Crippen LogP contribution in [-0.4, -0.2) is 38.9 Å². The van der Waals surface area contributed by atoms with Gasteiger partial charge in [-0.15, -0.1) is 0 Å². The highest BCUT2D eigenvalue weighted by atomic mass is 32.2. The van der Waals surface area contributed by atoms with E-state index in [2.05, 4.69) is 15.1 Å². The highest BCUT2D eigenvalue weighted by molar-refractivity contribution is 7.91. The van der Waals surface area contributed by atoms with Gasteiger partial charge in [0, 0.05) is 37.0 Å². The number of nitrogens with one attached hydrogen (secondary N) is 1. The molecule has 0 aliphatic heterocycles. The minimum atomic E-state index is -3.46. The first-order chi connectivity index (χ1) is 13.5. The zero-order valence-corrected chi connectivity index (χ0v) is 15.8. The Morgan fingerprint density at radius 2 is 1.96 bits per heavy atom. The maximum absolute atomic E-state index is 12.2. The average molecular weight is 392 g/mol. The summed E-state index contributed by atoms with van der Waals surface area (Å²) >= 11 is 0. The summed E-state index contributed by atoms with van der Waals surface area (Å²) in [5.74, 6) is -0.185. The molecule has 0 unspecified atom stereocenters. The maximum Gasteiger partial charge on any atom is 0.179 e. The van der Waals surface area contributed by atoms with Gasteiger partial charge in [-0.3, -0.25) is 4.68 Å². The number of benzene rings is 1. The van der Waals surface area contributed by atoms with Crippen molar-refractivity contribution in [1.82, 2.24) is 24.7 Å². The second-order valence-corrected chi connectivity index (χ2v) is 8.42. The summed E-state index contributed by atoms with van der Waals surface area (Å²) in [6, 6.07) is 8.45. The van der Waals surface area contributed by atoms with E-state index in [0.29, 0.717) is 16.9 Å². The Balaban J connectivity index is 1.72. The van der Waals surface area contributed by atoms with Crippen LogP contribution in [0.3, 0.4) is 0 Å². The molecule has 0 spiro atoms. The SMILES string of the molecule is Cn1cc(-c2cnc3[nH]cc(-c4ccc(S(=O)(=O)CCC#N)cc4)c3n2)cn1. The number of aromatic amines is 1. The normalized spacial score (nSPS) is 11.6. The number of aromatic nitrogens is 5. The van der Waals surface area contributed by atoms with Crippen LogP contribution in [0.5, 0.6) is 0 Å². The van der Waals surface area contributed by atoms with Crippen LogP contribution in [-0.2, 0) is 16.9 Å². The molecule has 0 aliphatic rings. The van der Waals surface area contributed by atoms with Crippen LogP contribution in [0.15, 0.2) is 53.9 Å². The number of aryl methyl sites for hydroxylation is 1. The first-order valence-electron chi connectivity index (χ1n) is 8.51. The molecule has 1 N–H and O–H groups in total. The van der Waals surface area contributed by atoms with Gasteiger partial charge >= 0.3 is 0 Å². The van der Waals surface area contributed by atoms with Crippen molar-refractivity contribution in [2.75, 3.05) is 5.75 Å². The van der Waals surface area contributed by atoms with Gasteiger partial charge in [-0.1, -0.05) is 12.1 Å². The van der Waals surface area contributed by atoms with Crippen molar-refractivity contribution in [3.8, 4) is 28.5 Å². The standard InChI is InChI=1S/C19H16N6O2S/c1-25-12-14(9-23-25)17-11-22-19-18(24-17)16(10-21-19)13-3-5-15(6-4-13)28(26,27)8-2-7-20/h3-6,9-12H,2,8H2,1H3,(H,21,22). The number of rotatable bonds is 5. The number of hydrogen-bond acceptors (Lipinski definition) is 6. The summed E-state index contributed by atoms with van der Waals surface area (Å²) < 4.78 is 26.1. The molecule has 4 aromatic rings. The first-order valence-corrected chi connectivity index (χ1v) is 10.2. The highest BCUT2D eigenvalue weighted by Crippen LogP contribution is 2.29. The molecule has 9 heteroatoms. The Morgan fingerprint density at radius 1 is 1.18 bits per heavy atom. The van der Waals surface area contributed by atoms with E-state index < -0.39 is 9.84 Å². The molecule has 0 aliphatic carbocycles. The van der Waals surface area contributed by atoms with E-state index in [1.807, 2.05) is 19.3 Å². The van der Waals surface area contributed by atoms with Crippen molar-refractivity contribution in [2.45, 2.75) is 11.3 Å². The molecule has 3 heterocycles. The van der Waals surface area contributed by atoms with Crippen molar-refractivity contribution in [1.29, 1.82) is 5.26 Å². The molecule has 0 bridgehead atoms. The monoisotopic (exact) mass is 392 g/mol. The number of nitriles is 1. The second-order valence-electron chi connectivity index (χ2n) is 6.31. The number of sulfone groups is 1. The molecule has 0 fully saturated rings. The molecule has 28 heavy (non-hydrogen) atoms. The van der Waals surface area contributed by atoms with E-state index in [-0.39, 0.29) is 17.1 Å². The Morgan fingerprint density at radius 3 is 2.64 bits per heavy atom. The van der Waals surface area contributed by atoms with Crippen LogP contribution in [0.2, 0.25) is 0 Å². The quantitative estimate of drug-likeness (QED) is 0.558. The van der Waals surface area contributed by atoms with Crippen LogP contribution in [0.1, 0.15) is 6.42 Å². The maximum atomic E-state index is 12.2. The van der Waals surface area contributed by atoms with Crippen LogP contribution < -0.4 is 0 Å². The molecule has 140 valence electrons. The molecule has 4 rings (SSSR count). The van der Waals surface area contributed by atoms with Crippen molar-refractivity contribution in [3.63, 3.8) is 0 Å².